The maximum absolute atomic E-state index is 6.15. The molecule has 0 aliphatic heterocycles. The Balaban J connectivity index is 2.43. The third-order valence-electron chi connectivity index (χ3n) is 2.78. The molecule has 0 saturated heterocycles. The highest BCUT2D eigenvalue weighted by Gasteiger charge is 2.11. The van der Waals surface area contributed by atoms with Crippen LogP contribution in [0.15, 0.2) is 24.3 Å². The van der Waals surface area contributed by atoms with Crippen molar-refractivity contribution in [1.29, 1.82) is 0 Å². The molecule has 2 rings (SSSR count). The zero-order chi connectivity index (χ0) is 13.8. The quantitative estimate of drug-likeness (QED) is 0.584. The first-order valence-electron chi connectivity index (χ1n) is 5.95. The van der Waals surface area contributed by atoms with Gasteiger partial charge in [-0.1, -0.05) is 42.8 Å². The first kappa shape index (κ1) is 14.7. The molecule has 0 aliphatic rings. The number of rotatable bonds is 4. The number of nitrogens with zero attached hydrogens (tertiary/aromatic N) is 2. The van der Waals surface area contributed by atoms with Gasteiger partial charge >= 0.3 is 0 Å². The summed E-state index contributed by atoms with van der Waals surface area (Å²) in [5.41, 5.74) is 3.07. The van der Waals surface area contributed by atoms with Crippen LogP contribution in [0.1, 0.15) is 18.2 Å². The Bertz CT molecular complexity index is 572. The molecule has 0 radical (unpaired) electrons. The van der Waals surface area contributed by atoms with Crippen LogP contribution < -0.4 is 0 Å². The second-order valence-electron chi connectivity index (χ2n) is 4.08. The molecule has 3 nitrogen and oxygen atoms in total. The van der Waals surface area contributed by atoms with Crippen molar-refractivity contribution in [2.75, 3.05) is 7.11 Å². The van der Waals surface area contributed by atoms with Gasteiger partial charge < -0.3 is 4.74 Å². The molecule has 0 bridgehead atoms. The van der Waals surface area contributed by atoms with Crippen molar-refractivity contribution in [2.45, 2.75) is 20.0 Å². The fourth-order valence-electron chi connectivity index (χ4n) is 1.71. The molecule has 1 aromatic carbocycles. The first-order valence-corrected chi connectivity index (χ1v) is 7.41. The monoisotopic (exact) mass is 388 g/mol. The van der Waals surface area contributed by atoms with Crippen LogP contribution in [0.3, 0.4) is 0 Å². The van der Waals surface area contributed by atoms with E-state index in [4.69, 9.17) is 16.3 Å². The van der Waals surface area contributed by atoms with Gasteiger partial charge in [0.2, 0.25) is 0 Å². The lowest BCUT2D eigenvalue weighted by molar-refractivity contribution is 0.181. The number of ether oxygens (including phenoxy) is 1. The molecule has 0 atom stereocenters. The fraction of sp³-hybridized carbons (Fsp3) is 0.286. The largest absolute Gasteiger partial charge is 0.378 e. The van der Waals surface area contributed by atoms with E-state index in [0.29, 0.717) is 17.6 Å². The minimum Gasteiger partial charge on any atom is -0.378 e. The standard InChI is InChI=1S/C14H14ClIN2O/c1-3-9-4-6-10(7-5-9)14-17-11(8-19-2)12(16)13(15)18-14/h4-7H,3,8H2,1-2H3. The van der Waals surface area contributed by atoms with Gasteiger partial charge in [-0.15, -0.1) is 0 Å². The molecule has 0 unspecified atom stereocenters. The maximum Gasteiger partial charge on any atom is 0.161 e. The van der Waals surface area contributed by atoms with Crippen LogP contribution >= 0.6 is 34.2 Å². The second-order valence-corrected chi connectivity index (χ2v) is 5.52. The Morgan fingerprint density at radius 3 is 2.47 bits per heavy atom. The molecule has 5 heteroatoms. The van der Waals surface area contributed by atoms with E-state index in [-0.39, 0.29) is 0 Å². The van der Waals surface area contributed by atoms with Crippen LogP contribution in [0.5, 0.6) is 0 Å². The van der Waals surface area contributed by atoms with Crippen LogP contribution in [0, 0.1) is 3.57 Å². The molecule has 1 heterocycles. The van der Waals surface area contributed by atoms with Crippen molar-refractivity contribution in [2.24, 2.45) is 0 Å². The smallest absolute Gasteiger partial charge is 0.161 e. The number of aromatic nitrogens is 2. The van der Waals surface area contributed by atoms with E-state index >= 15 is 0 Å². The Labute approximate surface area is 131 Å². The van der Waals surface area contributed by atoms with E-state index in [1.54, 1.807) is 7.11 Å². The van der Waals surface area contributed by atoms with E-state index in [2.05, 4.69) is 51.6 Å². The third-order valence-corrected chi connectivity index (χ3v) is 4.51. The van der Waals surface area contributed by atoms with Crippen molar-refractivity contribution in [1.82, 2.24) is 9.97 Å². The van der Waals surface area contributed by atoms with Gasteiger partial charge in [0.1, 0.15) is 5.15 Å². The molecule has 0 N–H and O–H groups in total. The lowest BCUT2D eigenvalue weighted by Gasteiger charge is -2.08. The molecule has 100 valence electrons. The van der Waals surface area contributed by atoms with Gasteiger partial charge in [-0.3, -0.25) is 0 Å². The van der Waals surface area contributed by atoms with Gasteiger partial charge in [-0.2, -0.15) is 0 Å². The topological polar surface area (TPSA) is 35.0 Å². The highest BCUT2D eigenvalue weighted by molar-refractivity contribution is 14.1. The predicted octanol–water partition coefficient (Wildman–Crippen LogP) is 4.11. The summed E-state index contributed by atoms with van der Waals surface area (Å²) in [6.45, 7) is 2.56. The van der Waals surface area contributed by atoms with Crippen LogP contribution in [-0.2, 0) is 17.8 Å². The summed E-state index contributed by atoms with van der Waals surface area (Å²) >= 11 is 8.29. The van der Waals surface area contributed by atoms with Crippen molar-refractivity contribution < 1.29 is 4.74 Å². The minimum absolute atomic E-state index is 0.431. The molecule has 0 amide bonds. The van der Waals surface area contributed by atoms with Crippen molar-refractivity contribution in [3.8, 4) is 11.4 Å². The van der Waals surface area contributed by atoms with E-state index in [1.165, 1.54) is 5.56 Å². The minimum atomic E-state index is 0.431. The fourth-order valence-corrected chi connectivity index (χ4v) is 2.30. The molecule has 0 spiro atoms. The molecule has 0 aliphatic carbocycles. The van der Waals surface area contributed by atoms with E-state index in [1.807, 2.05) is 12.1 Å². The van der Waals surface area contributed by atoms with Gasteiger partial charge in [0.25, 0.3) is 0 Å². The second kappa shape index (κ2) is 6.63. The predicted molar refractivity (Wildman–Crippen MR) is 85.3 cm³/mol. The molecule has 0 saturated carbocycles. The number of halogens is 2. The van der Waals surface area contributed by atoms with Crippen LogP contribution in [0.4, 0.5) is 0 Å². The summed E-state index contributed by atoms with van der Waals surface area (Å²) in [5, 5.41) is 0.470. The molecular formula is C14H14ClIN2O. The third kappa shape index (κ3) is 3.43. The number of hydrogen-bond acceptors (Lipinski definition) is 3. The highest BCUT2D eigenvalue weighted by atomic mass is 127. The molecule has 19 heavy (non-hydrogen) atoms. The van der Waals surface area contributed by atoms with E-state index in [9.17, 15) is 0 Å². The zero-order valence-corrected chi connectivity index (χ0v) is 13.7. The summed E-state index contributed by atoms with van der Waals surface area (Å²) in [4.78, 5) is 8.85. The summed E-state index contributed by atoms with van der Waals surface area (Å²) in [6, 6.07) is 8.21. The van der Waals surface area contributed by atoms with Crippen LogP contribution in [0.25, 0.3) is 11.4 Å². The first-order chi connectivity index (χ1) is 9.15. The SMILES string of the molecule is CCc1ccc(-c2nc(Cl)c(I)c(COC)n2)cc1. The van der Waals surface area contributed by atoms with Gasteiger partial charge in [0.15, 0.2) is 5.82 Å². The lowest BCUT2D eigenvalue weighted by Crippen LogP contribution is -2.02. The molecule has 0 fully saturated rings. The Morgan fingerprint density at radius 2 is 1.89 bits per heavy atom. The number of methoxy groups -OCH3 is 1. The van der Waals surface area contributed by atoms with E-state index < -0.39 is 0 Å². The summed E-state index contributed by atoms with van der Waals surface area (Å²) < 4.78 is 5.98. The Hall–Kier alpha value is -0.720. The van der Waals surface area contributed by atoms with Crippen molar-refractivity contribution >= 4 is 34.2 Å². The zero-order valence-electron chi connectivity index (χ0n) is 10.8. The summed E-state index contributed by atoms with van der Waals surface area (Å²) in [6.07, 6.45) is 1.02. The number of aryl methyl sites for hydroxylation is 1. The molecular weight excluding hydrogens is 375 g/mol. The maximum atomic E-state index is 6.15. The van der Waals surface area contributed by atoms with Crippen LogP contribution in [0.2, 0.25) is 5.15 Å². The average Bonchev–Trinajstić information content (AvgIpc) is 2.44. The number of benzene rings is 1. The average molecular weight is 389 g/mol. The number of hydrogen-bond donors (Lipinski definition) is 0. The van der Waals surface area contributed by atoms with Crippen molar-refractivity contribution in [3.63, 3.8) is 0 Å². The Kier molecular flexibility index (Phi) is 5.13. The summed E-state index contributed by atoms with van der Waals surface area (Å²) in [7, 11) is 1.64. The van der Waals surface area contributed by atoms with E-state index in [0.717, 1.165) is 21.2 Å². The Morgan fingerprint density at radius 1 is 1.21 bits per heavy atom. The van der Waals surface area contributed by atoms with Crippen molar-refractivity contribution in [3.05, 3.63) is 44.2 Å². The van der Waals surface area contributed by atoms with Gasteiger partial charge in [-0.05, 0) is 34.6 Å². The summed E-state index contributed by atoms with van der Waals surface area (Å²) in [5.74, 6) is 0.639. The van der Waals surface area contributed by atoms with Gasteiger partial charge in [-0.25, -0.2) is 9.97 Å². The molecule has 2 aromatic rings. The van der Waals surface area contributed by atoms with Gasteiger partial charge in [0.05, 0.1) is 15.9 Å². The van der Waals surface area contributed by atoms with Gasteiger partial charge in [0, 0.05) is 12.7 Å². The van der Waals surface area contributed by atoms with Crippen LogP contribution in [-0.4, -0.2) is 17.1 Å². The lowest BCUT2D eigenvalue weighted by atomic mass is 10.1. The molecule has 1 aromatic heterocycles. The highest BCUT2D eigenvalue weighted by Crippen LogP contribution is 2.24. The normalized spacial score (nSPS) is 10.7.